The van der Waals surface area contributed by atoms with Gasteiger partial charge in [-0.2, -0.15) is 5.10 Å². The van der Waals surface area contributed by atoms with Gasteiger partial charge in [0.25, 0.3) is 5.91 Å². The molecule has 0 fully saturated rings. The zero-order valence-electron chi connectivity index (χ0n) is 15.6. The summed E-state index contributed by atoms with van der Waals surface area (Å²) in [6, 6.07) is 5.90. The zero-order valence-corrected chi connectivity index (χ0v) is 16.5. The van der Waals surface area contributed by atoms with Crippen molar-refractivity contribution in [1.82, 2.24) is 15.2 Å². The van der Waals surface area contributed by atoms with Crippen molar-refractivity contribution in [1.29, 1.82) is 0 Å². The van der Waals surface area contributed by atoms with E-state index in [9.17, 15) is 9.59 Å². The van der Waals surface area contributed by atoms with Crippen molar-refractivity contribution < 1.29 is 14.3 Å². The minimum Gasteiger partial charge on any atom is -0.483 e. The van der Waals surface area contributed by atoms with Gasteiger partial charge in [0.15, 0.2) is 5.01 Å². The molecule has 0 unspecified atom stereocenters. The van der Waals surface area contributed by atoms with Crippen LogP contribution in [-0.4, -0.2) is 39.8 Å². The number of nitrogens with one attached hydrogen (secondary N) is 1. The molecule has 0 spiro atoms. The third kappa shape index (κ3) is 4.30. The van der Waals surface area contributed by atoms with E-state index in [0.717, 1.165) is 16.9 Å². The summed E-state index contributed by atoms with van der Waals surface area (Å²) >= 11 is 1.25. The lowest BCUT2D eigenvalue weighted by molar-refractivity contribution is -0.130. The van der Waals surface area contributed by atoms with E-state index in [4.69, 9.17) is 4.74 Å². The summed E-state index contributed by atoms with van der Waals surface area (Å²) in [5.41, 5.74) is 2.53. The molecule has 1 aromatic heterocycles. The Hall–Kier alpha value is -2.81. The number of nitrogens with zero attached hydrogens (tertiary/aromatic N) is 4. The molecule has 0 aliphatic carbocycles. The number of anilines is 1. The summed E-state index contributed by atoms with van der Waals surface area (Å²) in [6.45, 7) is 5.93. The number of amides is 2. The van der Waals surface area contributed by atoms with Crippen LogP contribution in [0.1, 0.15) is 42.0 Å². The monoisotopic (exact) mass is 387 g/mol. The number of carbonyl (C=O) groups is 2. The topological polar surface area (TPSA) is 96.8 Å². The number of hydrogen-bond acceptors (Lipinski definition) is 7. The van der Waals surface area contributed by atoms with Gasteiger partial charge in [-0.15, -0.1) is 10.2 Å². The quantitative estimate of drug-likeness (QED) is 0.851. The molecule has 1 aliphatic rings. The number of carbonyl (C=O) groups excluding carboxylic acids is 2. The number of rotatable bonds is 5. The van der Waals surface area contributed by atoms with Gasteiger partial charge in [-0.25, -0.2) is 5.01 Å². The predicted octanol–water partition coefficient (Wildman–Crippen LogP) is 2.84. The maximum Gasteiger partial charge on any atom is 0.273 e. The van der Waals surface area contributed by atoms with Crippen molar-refractivity contribution in [3.05, 3.63) is 34.3 Å². The minimum atomic E-state index is -0.375. The van der Waals surface area contributed by atoms with Crippen LogP contribution in [0.3, 0.4) is 0 Å². The average molecular weight is 387 g/mol. The van der Waals surface area contributed by atoms with Crippen molar-refractivity contribution in [2.45, 2.75) is 39.7 Å². The molecule has 0 saturated heterocycles. The van der Waals surface area contributed by atoms with E-state index in [1.165, 1.54) is 23.4 Å². The average Bonchev–Trinajstić information content (AvgIpc) is 3.10. The summed E-state index contributed by atoms with van der Waals surface area (Å²) in [4.78, 5) is 23.7. The molecule has 1 aliphatic heterocycles. The first-order valence-electron chi connectivity index (χ1n) is 8.57. The Labute approximate surface area is 161 Å². The Morgan fingerprint density at radius 2 is 2.07 bits per heavy atom. The molecule has 0 bridgehead atoms. The minimum absolute atomic E-state index is 0.109. The number of hydrazone groups is 1. The van der Waals surface area contributed by atoms with E-state index in [-0.39, 0.29) is 24.3 Å². The summed E-state index contributed by atoms with van der Waals surface area (Å²) < 4.78 is 6.00. The van der Waals surface area contributed by atoms with Crippen LogP contribution in [0.2, 0.25) is 0 Å². The Morgan fingerprint density at radius 1 is 1.30 bits per heavy atom. The number of benzene rings is 1. The van der Waals surface area contributed by atoms with Gasteiger partial charge in [0.2, 0.25) is 11.0 Å². The van der Waals surface area contributed by atoms with Gasteiger partial charge in [0.1, 0.15) is 17.6 Å². The Balaban J connectivity index is 1.66. The zero-order chi connectivity index (χ0) is 19.6. The van der Waals surface area contributed by atoms with E-state index in [2.05, 4.69) is 20.6 Å². The molecule has 1 atom stereocenters. The highest BCUT2D eigenvalue weighted by Crippen LogP contribution is 2.29. The molecule has 2 aromatic rings. The lowest BCUT2D eigenvalue weighted by atomic mass is 10.1. The van der Waals surface area contributed by atoms with Crippen molar-refractivity contribution in [3.63, 3.8) is 0 Å². The van der Waals surface area contributed by atoms with Gasteiger partial charge >= 0.3 is 0 Å². The predicted molar refractivity (Wildman–Crippen MR) is 103 cm³/mol. The Bertz CT molecular complexity index is 908. The fraction of sp³-hybridized carbons (Fsp3) is 0.389. The highest BCUT2D eigenvalue weighted by atomic mass is 32.1. The molecule has 8 nitrogen and oxygen atoms in total. The van der Waals surface area contributed by atoms with Gasteiger partial charge in [-0.3, -0.25) is 14.9 Å². The molecule has 9 heteroatoms. The second kappa shape index (κ2) is 7.83. The van der Waals surface area contributed by atoms with Crippen molar-refractivity contribution in [3.8, 4) is 5.75 Å². The van der Waals surface area contributed by atoms with Gasteiger partial charge in [0.05, 0.1) is 0 Å². The van der Waals surface area contributed by atoms with E-state index >= 15 is 0 Å². The molecule has 3 rings (SSSR count). The molecule has 2 amide bonds. The first-order chi connectivity index (χ1) is 12.8. The largest absolute Gasteiger partial charge is 0.483 e. The molecule has 0 radical (unpaired) electrons. The molecule has 2 heterocycles. The number of hydrogen-bond donors (Lipinski definition) is 1. The van der Waals surface area contributed by atoms with Crippen LogP contribution in [0.4, 0.5) is 5.13 Å². The summed E-state index contributed by atoms with van der Waals surface area (Å²) in [6.07, 6.45) is 0.280. The lowest BCUT2D eigenvalue weighted by Gasteiger charge is -2.18. The van der Waals surface area contributed by atoms with Crippen LogP contribution < -0.4 is 10.1 Å². The second-order valence-electron chi connectivity index (χ2n) is 6.32. The first kappa shape index (κ1) is 19.0. The molecular formula is C18H21N5O3S. The number of aromatic nitrogens is 2. The molecular weight excluding hydrogens is 366 g/mol. The Kier molecular flexibility index (Phi) is 5.50. The molecule has 1 N–H and O–H groups in total. The van der Waals surface area contributed by atoms with E-state index < -0.39 is 0 Å². The third-order valence-corrected chi connectivity index (χ3v) is 5.34. The first-order valence-corrected chi connectivity index (χ1v) is 9.38. The number of aryl methyl sites for hydroxylation is 1. The van der Waals surface area contributed by atoms with Crippen LogP contribution in [-0.2, 0) is 9.59 Å². The highest BCUT2D eigenvalue weighted by Gasteiger charge is 2.23. The maximum atomic E-state index is 12.3. The van der Waals surface area contributed by atoms with Crippen molar-refractivity contribution >= 4 is 34.0 Å². The van der Waals surface area contributed by atoms with E-state index in [1.54, 1.807) is 0 Å². The standard InChI is InChI=1S/C18H21N5O3S/c1-10-6-5-7-14(11(10)2)26-12(3)17-20-21-18(27-17)19-16(25)13-8-9-15(24)23(4)22-13/h5-7,12H,8-9H2,1-4H3,(H,19,21,25)/t12-/m0/s1. The molecule has 0 saturated carbocycles. The van der Waals surface area contributed by atoms with Crippen LogP contribution >= 0.6 is 11.3 Å². The van der Waals surface area contributed by atoms with Crippen LogP contribution in [0.25, 0.3) is 0 Å². The van der Waals surface area contributed by atoms with Crippen molar-refractivity contribution in [2.75, 3.05) is 12.4 Å². The smallest absolute Gasteiger partial charge is 0.273 e. The van der Waals surface area contributed by atoms with Crippen LogP contribution in [0, 0.1) is 13.8 Å². The maximum absolute atomic E-state index is 12.3. The molecule has 142 valence electrons. The SMILES string of the molecule is Cc1cccc(O[C@@H](C)c2nnc(NC(=O)C3=NN(C)C(=O)CC3)s2)c1C. The summed E-state index contributed by atoms with van der Waals surface area (Å²) in [5, 5.41) is 17.0. The second-order valence-corrected chi connectivity index (χ2v) is 7.33. The fourth-order valence-corrected chi connectivity index (χ4v) is 3.26. The van der Waals surface area contributed by atoms with Crippen molar-refractivity contribution in [2.24, 2.45) is 5.10 Å². The Morgan fingerprint density at radius 3 is 2.81 bits per heavy atom. The van der Waals surface area contributed by atoms with E-state index in [0.29, 0.717) is 22.3 Å². The van der Waals surface area contributed by atoms with Gasteiger partial charge < -0.3 is 4.74 Å². The van der Waals surface area contributed by atoms with Gasteiger partial charge in [-0.05, 0) is 38.0 Å². The number of ether oxygens (including phenoxy) is 1. The lowest BCUT2D eigenvalue weighted by Crippen LogP contribution is -2.34. The fourth-order valence-electron chi connectivity index (χ4n) is 2.54. The van der Waals surface area contributed by atoms with Gasteiger partial charge in [-0.1, -0.05) is 23.5 Å². The molecule has 1 aromatic carbocycles. The summed E-state index contributed by atoms with van der Waals surface area (Å²) in [5.74, 6) is 0.315. The molecule has 27 heavy (non-hydrogen) atoms. The van der Waals surface area contributed by atoms with E-state index in [1.807, 2.05) is 39.0 Å². The van der Waals surface area contributed by atoms with Crippen LogP contribution in [0.5, 0.6) is 5.75 Å². The normalized spacial score (nSPS) is 15.3. The van der Waals surface area contributed by atoms with Gasteiger partial charge in [0, 0.05) is 19.9 Å². The summed E-state index contributed by atoms with van der Waals surface area (Å²) in [7, 11) is 1.53. The highest BCUT2D eigenvalue weighted by molar-refractivity contribution is 7.15. The van der Waals surface area contributed by atoms with Crippen LogP contribution in [0.15, 0.2) is 23.3 Å². The third-order valence-electron chi connectivity index (χ3n) is 4.34.